The molecule has 0 fully saturated rings. The van der Waals surface area contributed by atoms with Crippen molar-refractivity contribution in [3.05, 3.63) is 0 Å². The molecule has 0 rings (SSSR count). The Morgan fingerprint density at radius 3 is 1.77 bits per heavy atom. The molecule has 0 aromatic heterocycles. The Morgan fingerprint density at radius 2 is 1.54 bits per heavy atom. The van der Waals surface area contributed by atoms with Gasteiger partial charge in [0.05, 0.1) is 0 Å². The van der Waals surface area contributed by atoms with Gasteiger partial charge in [0.25, 0.3) is 0 Å². The third kappa shape index (κ3) is 9.86. The summed E-state index contributed by atoms with van der Waals surface area (Å²) >= 11 is 9.23. The van der Waals surface area contributed by atoms with Crippen LogP contribution >= 0.6 is 24.8 Å². The Kier molecular flexibility index (Phi) is 15.2. The second-order valence-corrected chi connectivity index (χ2v) is 4.09. The first-order chi connectivity index (χ1) is 5.72. The van der Waals surface area contributed by atoms with Gasteiger partial charge in [-0.25, -0.2) is 0 Å². The molecule has 0 aromatic carbocycles. The van der Waals surface area contributed by atoms with Crippen molar-refractivity contribution in [1.82, 2.24) is 4.90 Å². The van der Waals surface area contributed by atoms with E-state index in [1.165, 1.54) is 25.7 Å². The van der Waals surface area contributed by atoms with Crippen LogP contribution in [0.5, 0.6) is 0 Å². The van der Waals surface area contributed by atoms with Crippen molar-refractivity contribution >= 4 is 29.2 Å². The molecule has 1 nitrogen and oxygen atoms in total. The minimum Gasteiger partial charge on any atom is -0.358 e. The van der Waals surface area contributed by atoms with Gasteiger partial charge in [0, 0.05) is 53.0 Å². The summed E-state index contributed by atoms with van der Waals surface area (Å²) in [6, 6.07) is 0. The predicted octanol–water partition coefficient (Wildman–Crippen LogP) is 3.10. The van der Waals surface area contributed by atoms with E-state index in [1.807, 2.05) is 0 Å². The van der Waals surface area contributed by atoms with Crippen LogP contribution in [0.25, 0.3) is 0 Å². The number of thiocarbonyl (C=S) groups is 1. The average molecular weight is 363 g/mol. The van der Waals surface area contributed by atoms with Crippen LogP contribution in [0.1, 0.15) is 39.5 Å². The molecule has 0 N–H and O–H groups in total. The van der Waals surface area contributed by atoms with Gasteiger partial charge in [0.2, 0.25) is 0 Å². The maximum Gasteiger partial charge on any atom is 0.133 e. The minimum absolute atomic E-state index is 0. The van der Waals surface area contributed by atoms with Crippen molar-refractivity contribution in [2.75, 3.05) is 13.1 Å². The van der Waals surface area contributed by atoms with Crippen molar-refractivity contribution < 1.29 is 39.9 Å². The summed E-state index contributed by atoms with van der Waals surface area (Å²) in [5.41, 5.74) is 0. The van der Waals surface area contributed by atoms with E-state index in [9.17, 15) is 0 Å². The van der Waals surface area contributed by atoms with E-state index in [1.54, 1.807) is 0 Å². The van der Waals surface area contributed by atoms with Crippen molar-refractivity contribution in [1.29, 1.82) is 0 Å². The Balaban J connectivity index is 0. The SMILES string of the molecule is CCCCN(CCCC)C(=S)S.[Gd]. The molecule has 0 saturated carbocycles. The van der Waals surface area contributed by atoms with Gasteiger partial charge < -0.3 is 4.90 Å². The molecular weight excluding hydrogens is 343 g/mol. The molecule has 0 atom stereocenters. The molecule has 0 amide bonds. The molecule has 80 valence electrons. The Labute approximate surface area is 125 Å². The second-order valence-electron chi connectivity index (χ2n) is 2.98. The quantitative estimate of drug-likeness (QED) is 0.571. The fourth-order valence-electron chi connectivity index (χ4n) is 1.00. The summed E-state index contributed by atoms with van der Waals surface area (Å²) in [7, 11) is 0. The molecule has 0 aliphatic rings. The summed E-state index contributed by atoms with van der Waals surface area (Å²) in [4.78, 5) is 2.19. The van der Waals surface area contributed by atoms with Gasteiger partial charge in [0.15, 0.2) is 0 Å². The average Bonchev–Trinajstić information content (AvgIpc) is 2.04. The zero-order valence-corrected chi connectivity index (χ0v) is 12.4. The molecule has 0 heterocycles. The first kappa shape index (κ1) is 17.0. The van der Waals surface area contributed by atoms with Crippen molar-refractivity contribution in [2.45, 2.75) is 39.5 Å². The number of rotatable bonds is 6. The van der Waals surface area contributed by atoms with Crippen LogP contribution in [0.4, 0.5) is 0 Å². The Bertz CT molecular complexity index is 123. The normalized spacial score (nSPS) is 9.15. The van der Waals surface area contributed by atoms with Gasteiger partial charge >= 0.3 is 0 Å². The Hall–Kier alpha value is 1.56. The van der Waals surface area contributed by atoms with E-state index < -0.39 is 0 Å². The van der Waals surface area contributed by atoms with Crippen LogP contribution < -0.4 is 0 Å². The van der Waals surface area contributed by atoms with Crippen LogP contribution in [-0.2, 0) is 0 Å². The van der Waals surface area contributed by atoms with Gasteiger partial charge in [-0.2, -0.15) is 0 Å². The first-order valence-corrected chi connectivity index (χ1v) is 5.55. The van der Waals surface area contributed by atoms with Crippen LogP contribution in [0, 0.1) is 39.9 Å². The smallest absolute Gasteiger partial charge is 0.133 e. The van der Waals surface area contributed by atoms with Crippen LogP contribution in [0.3, 0.4) is 0 Å². The number of thiol groups is 1. The summed E-state index contributed by atoms with van der Waals surface area (Å²) in [6.07, 6.45) is 4.87. The summed E-state index contributed by atoms with van der Waals surface area (Å²) in [6.45, 7) is 6.52. The maximum absolute atomic E-state index is 5.03. The molecule has 0 radical (unpaired) electrons. The molecule has 0 aliphatic heterocycles. The molecule has 4 heteroatoms. The molecule has 0 unspecified atom stereocenters. The number of nitrogens with zero attached hydrogens (tertiary/aromatic N) is 1. The first-order valence-electron chi connectivity index (χ1n) is 4.70. The van der Waals surface area contributed by atoms with Gasteiger partial charge in [-0.05, 0) is 12.8 Å². The topological polar surface area (TPSA) is 3.24 Å². The largest absolute Gasteiger partial charge is 0.358 e. The van der Waals surface area contributed by atoms with Crippen LogP contribution in [0.2, 0.25) is 0 Å². The second kappa shape index (κ2) is 11.6. The monoisotopic (exact) mass is 363 g/mol. The van der Waals surface area contributed by atoms with Crippen molar-refractivity contribution in [2.24, 2.45) is 0 Å². The standard InChI is InChI=1S/C9H19NS2.Gd/c1-3-5-7-10(9(11)12)8-6-4-2;/h3-8H2,1-2H3,(H,11,12);. The van der Waals surface area contributed by atoms with E-state index >= 15 is 0 Å². The van der Waals surface area contributed by atoms with Gasteiger partial charge in [0.1, 0.15) is 4.32 Å². The molecule has 0 spiro atoms. The number of hydrogen-bond acceptors (Lipinski definition) is 1. The fraction of sp³-hybridized carbons (Fsp3) is 0.889. The number of unbranched alkanes of at least 4 members (excludes halogenated alkanes) is 2. The Morgan fingerprint density at radius 1 is 1.15 bits per heavy atom. The van der Waals surface area contributed by atoms with Gasteiger partial charge in [-0.15, -0.1) is 12.6 Å². The van der Waals surface area contributed by atoms with E-state index in [2.05, 4.69) is 31.4 Å². The van der Waals surface area contributed by atoms with Crippen LogP contribution in [0.15, 0.2) is 0 Å². The van der Waals surface area contributed by atoms with Crippen LogP contribution in [-0.4, -0.2) is 22.3 Å². The van der Waals surface area contributed by atoms with Gasteiger partial charge in [-0.3, -0.25) is 0 Å². The predicted molar refractivity (Wildman–Crippen MR) is 63.0 cm³/mol. The van der Waals surface area contributed by atoms with Crippen molar-refractivity contribution in [3.8, 4) is 0 Å². The number of hydrogen-bond donors (Lipinski definition) is 1. The summed E-state index contributed by atoms with van der Waals surface area (Å²) < 4.78 is 0.747. The molecule has 0 aliphatic carbocycles. The van der Waals surface area contributed by atoms with Gasteiger partial charge in [-0.1, -0.05) is 38.9 Å². The van der Waals surface area contributed by atoms with Crippen molar-refractivity contribution in [3.63, 3.8) is 0 Å². The van der Waals surface area contributed by atoms with E-state index in [-0.39, 0.29) is 39.9 Å². The maximum atomic E-state index is 5.03. The van der Waals surface area contributed by atoms with E-state index in [0.717, 1.165) is 17.4 Å². The summed E-state index contributed by atoms with van der Waals surface area (Å²) in [5.74, 6) is 0. The third-order valence-corrected chi connectivity index (χ3v) is 2.37. The fourth-order valence-corrected chi connectivity index (χ4v) is 1.38. The van der Waals surface area contributed by atoms with E-state index in [0.29, 0.717) is 0 Å². The molecule has 13 heavy (non-hydrogen) atoms. The molecular formula is C9H19GdNS2. The minimum atomic E-state index is 0. The zero-order chi connectivity index (χ0) is 9.40. The third-order valence-electron chi connectivity index (χ3n) is 1.83. The van der Waals surface area contributed by atoms with E-state index in [4.69, 9.17) is 12.2 Å². The zero-order valence-electron chi connectivity index (χ0n) is 8.40. The molecule has 0 aromatic rings. The summed E-state index contributed by atoms with van der Waals surface area (Å²) in [5, 5.41) is 0. The molecule has 0 saturated heterocycles. The molecule has 0 bridgehead atoms.